The molecule has 3 aromatic rings. The van der Waals surface area contributed by atoms with E-state index in [0.717, 1.165) is 20.0 Å². The van der Waals surface area contributed by atoms with Crippen LogP contribution in [0.1, 0.15) is 11.5 Å². The van der Waals surface area contributed by atoms with Crippen LogP contribution in [0.4, 0.5) is 5.69 Å². The van der Waals surface area contributed by atoms with E-state index in [1.807, 2.05) is 36.4 Å². The zero-order chi connectivity index (χ0) is 13.4. The van der Waals surface area contributed by atoms with E-state index in [4.69, 9.17) is 10.2 Å². The smallest absolute Gasteiger partial charge is 0.200 e. The Bertz CT molecular complexity index is 752. The fourth-order valence-electron chi connectivity index (χ4n) is 1.97. The minimum Gasteiger partial charge on any atom is -0.438 e. The van der Waals surface area contributed by atoms with E-state index in [-0.39, 0.29) is 0 Å². The first kappa shape index (κ1) is 12.7. The number of nitrogen functional groups attached to an aromatic ring is 1. The number of rotatable bonds is 2. The zero-order valence-electron chi connectivity index (χ0n) is 9.86. The van der Waals surface area contributed by atoms with Crippen LogP contribution in [0, 0.1) is 0 Å². The van der Waals surface area contributed by atoms with Crippen molar-refractivity contribution in [3.05, 3.63) is 56.8 Å². The maximum Gasteiger partial charge on any atom is 0.200 e. The van der Waals surface area contributed by atoms with Crippen molar-refractivity contribution in [3.63, 3.8) is 0 Å². The van der Waals surface area contributed by atoms with Gasteiger partial charge in [-0.2, -0.15) is 0 Å². The highest BCUT2D eigenvalue weighted by atomic mass is 79.9. The van der Waals surface area contributed by atoms with Crippen molar-refractivity contribution >= 4 is 48.6 Å². The molecule has 3 nitrogen and oxygen atoms in total. The molecule has 0 aliphatic carbocycles. The second-order valence-electron chi connectivity index (χ2n) is 4.26. The molecule has 96 valence electrons. The number of benzene rings is 2. The molecule has 0 saturated carbocycles. The van der Waals surface area contributed by atoms with Crippen LogP contribution in [0.3, 0.4) is 0 Å². The number of nitrogens with two attached hydrogens (primary N) is 1. The molecule has 0 aliphatic rings. The summed E-state index contributed by atoms with van der Waals surface area (Å²) in [5, 5.41) is 0. The minimum absolute atomic E-state index is 0.595. The van der Waals surface area contributed by atoms with Gasteiger partial charge in [0.05, 0.1) is 5.69 Å². The third kappa shape index (κ3) is 2.67. The molecule has 5 heteroatoms. The summed E-state index contributed by atoms with van der Waals surface area (Å²) >= 11 is 6.86. The van der Waals surface area contributed by atoms with Crippen molar-refractivity contribution in [1.82, 2.24) is 4.98 Å². The van der Waals surface area contributed by atoms with Crippen molar-refractivity contribution in [2.45, 2.75) is 6.42 Å². The highest BCUT2D eigenvalue weighted by Gasteiger charge is 2.10. The summed E-state index contributed by atoms with van der Waals surface area (Å²) in [4.78, 5) is 4.47. The van der Waals surface area contributed by atoms with E-state index in [1.165, 1.54) is 0 Å². The van der Waals surface area contributed by atoms with Crippen molar-refractivity contribution < 1.29 is 4.42 Å². The number of nitrogens with zero attached hydrogens (tertiary/aromatic N) is 1. The Morgan fingerprint density at radius 1 is 1.11 bits per heavy atom. The molecule has 0 fully saturated rings. The van der Waals surface area contributed by atoms with Crippen molar-refractivity contribution in [3.8, 4) is 0 Å². The van der Waals surface area contributed by atoms with Gasteiger partial charge in [0.15, 0.2) is 11.5 Å². The van der Waals surface area contributed by atoms with Crippen LogP contribution < -0.4 is 5.73 Å². The van der Waals surface area contributed by atoms with Gasteiger partial charge >= 0.3 is 0 Å². The second kappa shape index (κ2) is 4.98. The Labute approximate surface area is 127 Å². The van der Waals surface area contributed by atoms with Crippen LogP contribution in [-0.2, 0) is 6.42 Å². The van der Waals surface area contributed by atoms with E-state index in [9.17, 15) is 0 Å². The Morgan fingerprint density at radius 3 is 2.74 bits per heavy atom. The van der Waals surface area contributed by atoms with E-state index in [0.29, 0.717) is 23.6 Å². The van der Waals surface area contributed by atoms with Crippen LogP contribution in [0.5, 0.6) is 0 Å². The molecular weight excluding hydrogens is 372 g/mol. The highest BCUT2D eigenvalue weighted by molar-refractivity contribution is 9.10. The van der Waals surface area contributed by atoms with Gasteiger partial charge in [-0.15, -0.1) is 0 Å². The van der Waals surface area contributed by atoms with Gasteiger partial charge in [-0.1, -0.05) is 44.0 Å². The van der Waals surface area contributed by atoms with Gasteiger partial charge < -0.3 is 10.2 Å². The number of fused-ring (bicyclic) bond motifs is 1. The second-order valence-corrected chi connectivity index (χ2v) is 6.09. The Morgan fingerprint density at radius 2 is 1.95 bits per heavy atom. The Kier molecular flexibility index (Phi) is 3.33. The monoisotopic (exact) mass is 380 g/mol. The summed E-state index contributed by atoms with van der Waals surface area (Å²) < 4.78 is 7.67. The molecule has 0 amide bonds. The first-order valence-electron chi connectivity index (χ1n) is 5.71. The molecule has 2 aromatic carbocycles. The summed E-state index contributed by atoms with van der Waals surface area (Å²) in [5.41, 5.74) is 9.07. The number of halogens is 2. The normalized spacial score (nSPS) is 11.1. The molecule has 1 heterocycles. The van der Waals surface area contributed by atoms with Gasteiger partial charge in [-0.05, 0) is 29.8 Å². The van der Waals surface area contributed by atoms with Gasteiger partial charge in [0.2, 0.25) is 0 Å². The zero-order valence-corrected chi connectivity index (χ0v) is 13.0. The number of oxazole rings is 1. The molecule has 19 heavy (non-hydrogen) atoms. The van der Waals surface area contributed by atoms with Crippen molar-refractivity contribution in [1.29, 1.82) is 0 Å². The first-order valence-corrected chi connectivity index (χ1v) is 7.29. The molecule has 0 radical (unpaired) electrons. The van der Waals surface area contributed by atoms with E-state index >= 15 is 0 Å². The minimum atomic E-state index is 0.595. The molecule has 1 aromatic heterocycles. The first-order chi connectivity index (χ1) is 9.11. The number of hydrogen-bond donors (Lipinski definition) is 1. The van der Waals surface area contributed by atoms with Crippen LogP contribution >= 0.6 is 31.9 Å². The highest BCUT2D eigenvalue weighted by Crippen LogP contribution is 2.27. The van der Waals surface area contributed by atoms with E-state index in [2.05, 4.69) is 36.8 Å². The molecule has 0 spiro atoms. The lowest BCUT2D eigenvalue weighted by Crippen LogP contribution is -1.87. The molecule has 2 N–H and O–H groups in total. The Hall–Kier alpha value is -1.33. The summed E-state index contributed by atoms with van der Waals surface area (Å²) in [6.45, 7) is 0. The predicted molar refractivity (Wildman–Crippen MR) is 83.1 cm³/mol. The van der Waals surface area contributed by atoms with Crippen LogP contribution in [-0.4, -0.2) is 4.98 Å². The Balaban J connectivity index is 2.00. The van der Waals surface area contributed by atoms with Gasteiger partial charge in [0.1, 0.15) is 5.52 Å². The van der Waals surface area contributed by atoms with Gasteiger partial charge in [0.25, 0.3) is 0 Å². The fourth-order valence-corrected chi connectivity index (χ4v) is 2.88. The third-order valence-corrected chi connectivity index (χ3v) is 3.72. The van der Waals surface area contributed by atoms with Gasteiger partial charge in [0, 0.05) is 15.4 Å². The summed E-state index contributed by atoms with van der Waals surface area (Å²) in [6, 6.07) is 11.8. The molecule has 0 unspecified atom stereocenters. The largest absolute Gasteiger partial charge is 0.438 e. The van der Waals surface area contributed by atoms with E-state index in [1.54, 1.807) is 0 Å². The maximum atomic E-state index is 5.92. The van der Waals surface area contributed by atoms with Gasteiger partial charge in [-0.3, -0.25) is 0 Å². The molecule has 3 rings (SSSR count). The molecule has 0 saturated heterocycles. The topological polar surface area (TPSA) is 52.0 Å². The van der Waals surface area contributed by atoms with Crippen LogP contribution in [0.2, 0.25) is 0 Å². The average molecular weight is 382 g/mol. The van der Waals surface area contributed by atoms with Gasteiger partial charge in [-0.25, -0.2) is 4.98 Å². The summed E-state index contributed by atoms with van der Waals surface area (Å²) in [6.07, 6.45) is 0.644. The predicted octanol–water partition coefficient (Wildman–Crippen LogP) is 4.53. The van der Waals surface area contributed by atoms with E-state index < -0.39 is 0 Å². The number of aromatic nitrogens is 1. The lowest BCUT2D eigenvalue weighted by Gasteiger charge is -1.97. The molecular formula is C14H10Br2N2O. The lowest BCUT2D eigenvalue weighted by molar-refractivity contribution is 0.545. The average Bonchev–Trinajstić information content (AvgIpc) is 2.71. The SMILES string of the molecule is Nc1cc(Br)cc2nc(Cc3cccc(Br)c3)oc12. The summed E-state index contributed by atoms with van der Waals surface area (Å²) in [7, 11) is 0. The number of hydrogen-bond acceptors (Lipinski definition) is 3. The quantitative estimate of drug-likeness (QED) is 0.663. The standard InChI is InChI=1S/C14H10Br2N2O/c15-9-3-1-2-8(4-9)5-13-18-12-7-10(16)6-11(17)14(12)19-13/h1-4,6-7H,5,17H2. The maximum absolute atomic E-state index is 5.92. The lowest BCUT2D eigenvalue weighted by atomic mass is 10.1. The third-order valence-electron chi connectivity index (χ3n) is 2.77. The molecule has 0 atom stereocenters. The van der Waals surface area contributed by atoms with Crippen molar-refractivity contribution in [2.24, 2.45) is 0 Å². The van der Waals surface area contributed by atoms with Crippen LogP contribution in [0.15, 0.2) is 49.8 Å². The number of anilines is 1. The molecule has 0 aliphatic heterocycles. The molecule has 0 bridgehead atoms. The van der Waals surface area contributed by atoms with Crippen molar-refractivity contribution in [2.75, 3.05) is 5.73 Å². The fraction of sp³-hybridized carbons (Fsp3) is 0.0714. The van der Waals surface area contributed by atoms with Crippen LogP contribution in [0.25, 0.3) is 11.1 Å². The summed E-state index contributed by atoms with van der Waals surface area (Å²) in [5.74, 6) is 0.665.